The van der Waals surface area contributed by atoms with Crippen LogP contribution in [0.5, 0.6) is 0 Å². The summed E-state index contributed by atoms with van der Waals surface area (Å²) in [6, 6.07) is 5.63. The summed E-state index contributed by atoms with van der Waals surface area (Å²) < 4.78 is 30.9. The fourth-order valence-corrected chi connectivity index (χ4v) is 5.22. The van der Waals surface area contributed by atoms with E-state index in [1.165, 1.54) is 10.6 Å². The highest BCUT2D eigenvalue weighted by molar-refractivity contribution is 7.88. The van der Waals surface area contributed by atoms with Gasteiger partial charge in [-0.3, -0.25) is 0 Å². The average molecular weight is 467 g/mol. The summed E-state index contributed by atoms with van der Waals surface area (Å²) >= 11 is 6.12. The van der Waals surface area contributed by atoms with Gasteiger partial charge in [0.25, 0.3) is 0 Å². The van der Waals surface area contributed by atoms with Gasteiger partial charge >= 0.3 is 0 Å². The van der Waals surface area contributed by atoms with Crippen molar-refractivity contribution in [1.82, 2.24) is 19.3 Å². The van der Waals surface area contributed by atoms with E-state index in [4.69, 9.17) is 32.0 Å². The molecule has 4 heterocycles. The van der Waals surface area contributed by atoms with Crippen LogP contribution in [-0.2, 0) is 14.8 Å². The molecule has 0 aliphatic carbocycles. The molecule has 1 atom stereocenters. The van der Waals surface area contributed by atoms with Crippen molar-refractivity contribution in [3.8, 4) is 11.4 Å². The third-order valence-electron chi connectivity index (χ3n) is 5.81. The van der Waals surface area contributed by atoms with Crippen LogP contribution >= 0.6 is 11.6 Å². The first kappa shape index (κ1) is 22.2. The molecule has 0 radical (unpaired) electrons. The molecule has 31 heavy (non-hydrogen) atoms. The number of sulfonamides is 1. The molecule has 11 heteroatoms. The van der Waals surface area contributed by atoms with Crippen LogP contribution in [0.2, 0.25) is 5.15 Å². The highest BCUT2D eigenvalue weighted by Crippen LogP contribution is 2.32. The lowest BCUT2D eigenvalue weighted by atomic mass is 9.94. The number of hydrogen-bond acceptors (Lipinski definition) is 8. The molecule has 9 nitrogen and oxygen atoms in total. The molecule has 0 unspecified atom stereocenters. The van der Waals surface area contributed by atoms with Crippen LogP contribution in [-0.4, -0.2) is 72.8 Å². The minimum atomic E-state index is -3.18. The second-order valence-electron chi connectivity index (χ2n) is 8.13. The van der Waals surface area contributed by atoms with Gasteiger partial charge in [0, 0.05) is 42.9 Å². The monoisotopic (exact) mass is 466 g/mol. The number of nitrogen functional groups attached to an aromatic ring is 1. The first-order valence-electron chi connectivity index (χ1n) is 10.3. The number of morpholine rings is 1. The van der Waals surface area contributed by atoms with Crippen molar-refractivity contribution >= 4 is 33.3 Å². The highest BCUT2D eigenvalue weighted by atomic mass is 35.5. The molecule has 0 aromatic carbocycles. The molecular weight excluding hydrogens is 440 g/mol. The molecule has 2 aliphatic heterocycles. The molecule has 2 aliphatic rings. The van der Waals surface area contributed by atoms with Gasteiger partial charge in [0.2, 0.25) is 10.0 Å². The molecule has 0 spiro atoms. The number of anilines is 2. The van der Waals surface area contributed by atoms with Crippen LogP contribution in [0, 0.1) is 0 Å². The lowest BCUT2D eigenvalue weighted by Crippen LogP contribution is -2.44. The molecule has 2 aromatic heterocycles. The molecule has 0 amide bonds. The molecule has 168 valence electrons. The number of ether oxygens (including phenoxy) is 1. The second kappa shape index (κ2) is 8.85. The predicted octanol–water partition coefficient (Wildman–Crippen LogP) is 2.14. The van der Waals surface area contributed by atoms with Crippen LogP contribution in [0.25, 0.3) is 11.4 Å². The summed E-state index contributed by atoms with van der Waals surface area (Å²) in [5.41, 5.74) is 7.50. The van der Waals surface area contributed by atoms with Crippen molar-refractivity contribution in [3.63, 3.8) is 0 Å². The lowest BCUT2D eigenvalue weighted by molar-refractivity contribution is 0.0985. The first-order chi connectivity index (χ1) is 14.7. The van der Waals surface area contributed by atoms with Crippen molar-refractivity contribution in [2.24, 2.45) is 0 Å². The van der Waals surface area contributed by atoms with Gasteiger partial charge in [0.05, 0.1) is 25.5 Å². The molecule has 0 bridgehead atoms. The molecule has 2 aromatic rings. The fraction of sp³-hybridized carbons (Fsp3) is 0.550. The maximum atomic E-state index is 11.9. The fourth-order valence-electron chi connectivity index (χ4n) is 4.13. The minimum absolute atomic E-state index is 0.143. The Labute approximate surface area is 187 Å². The van der Waals surface area contributed by atoms with E-state index in [1.807, 2.05) is 6.07 Å². The number of nitrogens with zero attached hydrogens (tertiary/aromatic N) is 5. The van der Waals surface area contributed by atoms with Gasteiger partial charge < -0.3 is 15.4 Å². The van der Waals surface area contributed by atoms with Gasteiger partial charge in [0.1, 0.15) is 16.8 Å². The summed E-state index contributed by atoms with van der Waals surface area (Å²) in [5, 5.41) is 0.284. The van der Waals surface area contributed by atoms with E-state index in [2.05, 4.69) is 16.8 Å². The highest BCUT2D eigenvalue weighted by Gasteiger charge is 2.29. The molecule has 4 rings (SSSR count). The summed E-state index contributed by atoms with van der Waals surface area (Å²) in [6.45, 7) is 5.09. The van der Waals surface area contributed by atoms with E-state index in [-0.39, 0.29) is 17.1 Å². The van der Waals surface area contributed by atoms with E-state index >= 15 is 0 Å². The van der Waals surface area contributed by atoms with Crippen LogP contribution in [0.15, 0.2) is 18.2 Å². The maximum Gasteiger partial charge on any atom is 0.211 e. The zero-order valence-corrected chi connectivity index (χ0v) is 19.2. The third kappa shape index (κ3) is 5.08. The SMILES string of the molecule is C[C@@H]1COCCN1c1cc(C2CCN(S(C)(=O)=O)CC2)nc(-c2cc(N)nc(Cl)c2)n1. The van der Waals surface area contributed by atoms with E-state index in [1.54, 1.807) is 12.1 Å². The summed E-state index contributed by atoms with van der Waals surface area (Å²) in [4.78, 5) is 15.9. The zero-order chi connectivity index (χ0) is 22.2. The van der Waals surface area contributed by atoms with E-state index in [0.29, 0.717) is 56.4 Å². The number of halogens is 1. The normalized spacial score (nSPS) is 21.4. The number of pyridine rings is 1. The van der Waals surface area contributed by atoms with Gasteiger partial charge in [-0.25, -0.2) is 27.7 Å². The zero-order valence-electron chi connectivity index (χ0n) is 17.7. The Kier molecular flexibility index (Phi) is 6.34. The van der Waals surface area contributed by atoms with Gasteiger partial charge in [-0.2, -0.15) is 0 Å². The number of hydrogen-bond donors (Lipinski definition) is 1. The van der Waals surface area contributed by atoms with E-state index in [9.17, 15) is 8.42 Å². The van der Waals surface area contributed by atoms with Crippen LogP contribution in [0.4, 0.5) is 11.6 Å². The Morgan fingerprint density at radius 1 is 1.13 bits per heavy atom. The Bertz CT molecular complexity index is 1040. The van der Waals surface area contributed by atoms with Gasteiger partial charge in [-0.15, -0.1) is 0 Å². The Morgan fingerprint density at radius 3 is 2.52 bits per heavy atom. The van der Waals surface area contributed by atoms with Crippen molar-refractivity contribution in [2.75, 3.05) is 49.7 Å². The molecule has 2 N–H and O–H groups in total. The number of rotatable bonds is 4. The van der Waals surface area contributed by atoms with Crippen molar-refractivity contribution in [2.45, 2.75) is 31.7 Å². The summed E-state index contributed by atoms with van der Waals surface area (Å²) in [7, 11) is -3.18. The maximum absolute atomic E-state index is 11.9. The first-order valence-corrected chi connectivity index (χ1v) is 12.6. The molecule has 0 saturated carbocycles. The largest absolute Gasteiger partial charge is 0.384 e. The van der Waals surface area contributed by atoms with Crippen LogP contribution < -0.4 is 10.6 Å². The van der Waals surface area contributed by atoms with Crippen LogP contribution in [0.1, 0.15) is 31.4 Å². The number of aromatic nitrogens is 3. The topological polar surface area (TPSA) is 115 Å². The molecule has 2 fully saturated rings. The number of piperidine rings is 1. The van der Waals surface area contributed by atoms with Crippen molar-refractivity contribution in [1.29, 1.82) is 0 Å². The van der Waals surface area contributed by atoms with Crippen molar-refractivity contribution < 1.29 is 13.2 Å². The lowest BCUT2D eigenvalue weighted by Gasteiger charge is -2.35. The van der Waals surface area contributed by atoms with Gasteiger partial charge in [-0.05, 0) is 31.9 Å². The van der Waals surface area contributed by atoms with Gasteiger partial charge in [-0.1, -0.05) is 11.6 Å². The van der Waals surface area contributed by atoms with E-state index in [0.717, 1.165) is 18.1 Å². The average Bonchev–Trinajstić information content (AvgIpc) is 2.72. The predicted molar refractivity (Wildman–Crippen MR) is 121 cm³/mol. The summed E-state index contributed by atoms with van der Waals surface area (Å²) in [6.07, 6.45) is 2.67. The Morgan fingerprint density at radius 2 is 1.87 bits per heavy atom. The van der Waals surface area contributed by atoms with Crippen LogP contribution in [0.3, 0.4) is 0 Å². The molecular formula is C20H27ClN6O3S. The second-order valence-corrected chi connectivity index (χ2v) is 10.5. The third-order valence-corrected chi connectivity index (χ3v) is 7.30. The Balaban J connectivity index is 1.71. The smallest absolute Gasteiger partial charge is 0.211 e. The van der Waals surface area contributed by atoms with E-state index < -0.39 is 10.0 Å². The molecule has 2 saturated heterocycles. The Hall–Kier alpha value is -2.01. The van der Waals surface area contributed by atoms with Crippen molar-refractivity contribution in [3.05, 3.63) is 29.0 Å². The number of nitrogens with two attached hydrogens (primary N) is 1. The van der Waals surface area contributed by atoms with Gasteiger partial charge in [0.15, 0.2) is 5.82 Å². The minimum Gasteiger partial charge on any atom is -0.384 e. The standard InChI is InChI=1S/C20H27ClN6O3S/c1-13-12-30-8-7-27(13)19-11-16(14-3-5-26(6-4-14)31(2,28)29)23-20(25-19)15-9-17(21)24-18(22)10-15/h9-11,13-14H,3-8,12H2,1-2H3,(H2,22,24)/t13-/m1/s1. The summed E-state index contributed by atoms with van der Waals surface area (Å²) in [5.74, 6) is 1.81. The quantitative estimate of drug-likeness (QED) is 0.681.